The van der Waals surface area contributed by atoms with Crippen LogP contribution >= 0.6 is 11.3 Å². The molecule has 1 aliphatic rings. The van der Waals surface area contributed by atoms with Gasteiger partial charge in [-0.15, -0.1) is 11.3 Å². The highest BCUT2D eigenvalue weighted by Gasteiger charge is 2.27. The summed E-state index contributed by atoms with van der Waals surface area (Å²) in [7, 11) is -1.55. The van der Waals surface area contributed by atoms with E-state index in [2.05, 4.69) is 25.7 Å². The lowest BCUT2D eigenvalue weighted by atomic mass is 10.2. The van der Waals surface area contributed by atoms with Gasteiger partial charge in [-0.05, 0) is 31.9 Å². The molecule has 0 spiro atoms. The maximum atomic E-state index is 12.8. The predicted octanol–water partition coefficient (Wildman–Crippen LogP) is 1.31. The molecule has 9 nitrogen and oxygen atoms in total. The van der Waals surface area contributed by atoms with Crippen molar-refractivity contribution in [2.24, 2.45) is 12.0 Å². The second-order valence-corrected chi connectivity index (χ2v) is 9.87. The molecule has 28 heavy (non-hydrogen) atoms. The Kier molecular flexibility index (Phi) is 7.03. The Morgan fingerprint density at radius 1 is 1.25 bits per heavy atom. The topological polar surface area (TPSA) is 105 Å². The molecule has 0 aromatic carbocycles. The smallest absolute Gasteiger partial charge is 0.252 e. The fourth-order valence-electron chi connectivity index (χ4n) is 2.95. The van der Waals surface area contributed by atoms with Crippen molar-refractivity contribution in [3.8, 4) is 0 Å². The molecule has 1 saturated heterocycles. The van der Waals surface area contributed by atoms with Gasteiger partial charge >= 0.3 is 0 Å². The average Bonchev–Trinajstić information content (AvgIpc) is 3.34. The van der Waals surface area contributed by atoms with Gasteiger partial charge in [0.25, 0.3) is 10.0 Å². The van der Waals surface area contributed by atoms with E-state index in [-0.39, 0.29) is 0 Å². The number of aromatic nitrogens is 3. The summed E-state index contributed by atoms with van der Waals surface area (Å²) in [4.78, 5) is 9.62. The Bertz CT molecular complexity index is 898. The van der Waals surface area contributed by atoms with Crippen LogP contribution in [0.2, 0.25) is 0 Å². The van der Waals surface area contributed by atoms with Crippen LogP contribution in [0.1, 0.15) is 36.9 Å². The van der Waals surface area contributed by atoms with Crippen LogP contribution in [0.4, 0.5) is 0 Å². The summed E-state index contributed by atoms with van der Waals surface area (Å²) in [5.74, 6) is 1.42. The summed E-state index contributed by atoms with van der Waals surface area (Å²) in [5.41, 5.74) is 0. The van der Waals surface area contributed by atoms with E-state index in [1.807, 2.05) is 20.0 Å². The number of piperidine rings is 1. The molecule has 154 valence electrons. The van der Waals surface area contributed by atoms with Gasteiger partial charge in [0.2, 0.25) is 0 Å². The molecule has 2 aromatic heterocycles. The van der Waals surface area contributed by atoms with Crippen LogP contribution in [0.15, 0.2) is 27.7 Å². The van der Waals surface area contributed by atoms with Gasteiger partial charge in [0.15, 0.2) is 5.96 Å². The number of guanidine groups is 1. The van der Waals surface area contributed by atoms with E-state index in [4.69, 9.17) is 0 Å². The highest BCUT2D eigenvalue weighted by Crippen LogP contribution is 2.27. The Morgan fingerprint density at radius 3 is 2.71 bits per heavy atom. The number of rotatable bonds is 7. The molecule has 1 fully saturated rings. The number of thiophene rings is 1. The van der Waals surface area contributed by atoms with Crippen molar-refractivity contribution in [2.75, 3.05) is 19.6 Å². The van der Waals surface area contributed by atoms with Gasteiger partial charge in [-0.2, -0.15) is 9.40 Å². The molecule has 0 aliphatic carbocycles. The zero-order valence-corrected chi connectivity index (χ0v) is 17.9. The van der Waals surface area contributed by atoms with Gasteiger partial charge in [0.1, 0.15) is 22.9 Å². The molecule has 0 bridgehead atoms. The zero-order chi connectivity index (χ0) is 20.0. The molecular formula is C17H27N7O2S2. The third-order valence-electron chi connectivity index (χ3n) is 4.50. The molecule has 0 amide bonds. The monoisotopic (exact) mass is 425 g/mol. The van der Waals surface area contributed by atoms with Crippen molar-refractivity contribution in [1.82, 2.24) is 29.7 Å². The van der Waals surface area contributed by atoms with Crippen LogP contribution in [-0.4, -0.2) is 53.1 Å². The van der Waals surface area contributed by atoms with Gasteiger partial charge in [-0.3, -0.25) is 4.68 Å². The van der Waals surface area contributed by atoms with E-state index in [1.54, 1.807) is 15.1 Å². The van der Waals surface area contributed by atoms with E-state index in [0.29, 0.717) is 36.3 Å². The first-order chi connectivity index (χ1) is 13.5. The highest BCUT2D eigenvalue weighted by atomic mass is 32.2. The molecular weight excluding hydrogens is 398 g/mol. The highest BCUT2D eigenvalue weighted by molar-refractivity contribution is 7.91. The molecule has 0 unspecified atom stereocenters. The molecule has 11 heteroatoms. The van der Waals surface area contributed by atoms with Gasteiger partial charge < -0.3 is 10.6 Å². The first-order valence-corrected chi connectivity index (χ1v) is 11.7. The fraction of sp³-hybridized carbons (Fsp3) is 0.588. The molecule has 0 atom stereocenters. The van der Waals surface area contributed by atoms with Crippen LogP contribution in [0.5, 0.6) is 0 Å². The van der Waals surface area contributed by atoms with Crippen LogP contribution in [0, 0.1) is 0 Å². The second-order valence-electron chi connectivity index (χ2n) is 6.53. The molecule has 3 rings (SSSR count). The van der Waals surface area contributed by atoms with Crippen LogP contribution in [0.3, 0.4) is 0 Å². The van der Waals surface area contributed by atoms with E-state index >= 15 is 0 Å². The number of hydrogen-bond acceptors (Lipinski definition) is 6. The minimum atomic E-state index is -3.37. The van der Waals surface area contributed by atoms with E-state index in [0.717, 1.165) is 36.5 Å². The maximum Gasteiger partial charge on any atom is 0.252 e. The zero-order valence-electron chi connectivity index (χ0n) is 16.3. The number of sulfonamides is 1. The van der Waals surface area contributed by atoms with Crippen molar-refractivity contribution >= 4 is 27.3 Å². The average molecular weight is 426 g/mol. The summed E-state index contributed by atoms with van der Waals surface area (Å²) in [6.45, 7) is 4.87. The van der Waals surface area contributed by atoms with Crippen molar-refractivity contribution in [3.63, 3.8) is 0 Å². The fourth-order valence-corrected chi connectivity index (χ4v) is 5.92. The summed E-state index contributed by atoms with van der Waals surface area (Å²) >= 11 is 1.31. The number of hydrogen-bond donors (Lipinski definition) is 2. The minimum absolute atomic E-state index is 0.408. The molecule has 1 aliphatic heterocycles. The van der Waals surface area contributed by atoms with E-state index < -0.39 is 10.0 Å². The van der Waals surface area contributed by atoms with Gasteiger partial charge in [-0.25, -0.2) is 18.4 Å². The maximum absolute atomic E-state index is 12.8. The lowest BCUT2D eigenvalue weighted by Gasteiger charge is -2.25. The second kappa shape index (κ2) is 9.48. The number of nitrogens with one attached hydrogen (secondary N) is 2. The first kappa shape index (κ1) is 20.7. The van der Waals surface area contributed by atoms with Gasteiger partial charge in [0, 0.05) is 31.6 Å². The van der Waals surface area contributed by atoms with Crippen molar-refractivity contribution < 1.29 is 8.42 Å². The Hall–Kier alpha value is -1.98. The van der Waals surface area contributed by atoms with E-state index in [1.165, 1.54) is 17.7 Å². The summed E-state index contributed by atoms with van der Waals surface area (Å²) in [6.07, 6.45) is 4.48. The Balaban J connectivity index is 1.62. The van der Waals surface area contributed by atoms with Crippen LogP contribution in [0.25, 0.3) is 0 Å². The molecule has 0 saturated carbocycles. The van der Waals surface area contributed by atoms with Crippen LogP contribution < -0.4 is 10.6 Å². The normalized spacial score (nSPS) is 16.3. The summed E-state index contributed by atoms with van der Waals surface area (Å²) in [6, 6.07) is 3.57. The van der Waals surface area contributed by atoms with Gasteiger partial charge in [0.05, 0.1) is 6.54 Å². The van der Waals surface area contributed by atoms with Crippen molar-refractivity contribution in [3.05, 3.63) is 29.2 Å². The predicted molar refractivity (Wildman–Crippen MR) is 110 cm³/mol. The third-order valence-corrected chi connectivity index (χ3v) is 7.96. The quantitative estimate of drug-likeness (QED) is 0.512. The lowest BCUT2D eigenvalue weighted by molar-refractivity contribution is 0.347. The van der Waals surface area contributed by atoms with Crippen molar-refractivity contribution in [1.29, 1.82) is 0 Å². The Labute approximate surface area is 169 Å². The molecule has 3 heterocycles. The SMILES string of the molecule is CCNC(=NCc1ncnn1C)NCc1ccc(S(=O)(=O)N2CCCCC2)s1. The largest absolute Gasteiger partial charge is 0.357 e. The standard InChI is InChI=1S/C17H27N7O2S2/c1-3-18-17(20-12-15-21-13-22-23(15)2)19-11-14-7-8-16(27-14)28(25,26)24-9-5-4-6-10-24/h7-8,13H,3-6,9-12H2,1-2H3,(H2,18,19,20). The Morgan fingerprint density at radius 2 is 2.04 bits per heavy atom. The van der Waals surface area contributed by atoms with Crippen LogP contribution in [-0.2, 0) is 30.2 Å². The third kappa shape index (κ3) is 5.09. The minimum Gasteiger partial charge on any atom is -0.357 e. The van der Waals surface area contributed by atoms with Crippen molar-refractivity contribution in [2.45, 2.75) is 43.5 Å². The first-order valence-electron chi connectivity index (χ1n) is 9.44. The molecule has 2 aromatic rings. The van der Waals surface area contributed by atoms with E-state index in [9.17, 15) is 8.42 Å². The molecule has 2 N–H and O–H groups in total. The van der Waals surface area contributed by atoms with Gasteiger partial charge in [-0.1, -0.05) is 6.42 Å². The molecule has 0 radical (unpaired) electrons. The number of nitrogens with zero attached hydrogens (tertiary/aromatic N) is 5. The lowest BCUT2D eigenvalue weighted by Crippen LogP contribution is -2.36. The number of aliphatic imine (C=N–C) groups is 1. The summed E-state index contributed by atoms with van der Waals surface area (Å²) in [5, 5.41) is 10.5. The summed E-state index contributed by atoms with van der Waals surface area (Å²) < 4.78 is 29.2. The number of aryl methyl sites for hydroxylation is 1.